The number of carbonyl (C=O) groups excluding carboxylic acids is 1. The Hall–Kier alpha value is -1.02. The number of ether oxygens (including phenoxy) is 2. The van der Waals surface area contributed by atoms with E-state index in [1.165, 1.54) is 128 Å². The van der Waals surface area contributed by atoms with Crippen LogP contribution in [0.4, 0.5) is 0 Å². The lowest BCUT2D eigenvalue weighted by Crippen LogP contribution is -2.28. The maximum atomic E-state index is 12.5. The van der Waals surface area contributed by atoms with Crippen molar-refractivity contribution in [1.82, 2.24) is 0 Å². The van der Waals surface area contributed by atoms with E-state index in [4.69, 9.17) is 24.3 Å². The largest absolute Gasteiger partial charge is 0.472 e. The molecule has 2 atom stereocenters. The van der Waals surface area contributed by atoms with Crippen LogP contribution in [-0.4, -0.2) is 49.9 Å². The minimum atomic E-state index is -4.27. The summed E-state index contributed by atoms with van der Waals surface area (Å²) >= 11 is 0. The molecule has 0 saturated heterocycles. The van der Waals surface area contributed by atoms with E-state index in [-0.39, 0.29) is 32.3 Å². The van der Waals surface area contributed by atoms with Gasteiger partial charge in [0.1, 0.15) is 6.10 Å². The van der Waals surface area contributed by atoms with Gasteiger partial charge in [-0.1, -0.05) is 147 Å². The Kier molecular flexibility index (Phi) is 38.4. The van der Waals surface area contributed by atoms with Crippen LogP contribution in [0.25, 0.3) is 0 Å². The third-order valence-electron chi connectivity index (χ3n) is 8.84. The minimum absolute atomic E-state index is 0.0971. The number of phosphoric ester groups is 1. The van der Waals surface area contributed by atoms with Crippen molar-refractivity contribution >= 4 is 13.8 Å². The molecule has 2 unspecified atom stereocenters. The first kappa shape index (κ1) is 49.0. The third-order valence-corrected chi connectivity index (χ3v) is 9.83. The van der Waals surface area contributed by atoms with Crippen LogP contribution in [0.2, 0.25) is 0 Å². The third kappa shape index (κ3) is 38.2. The van der Waals surface area contributed by atoms with Gasteiger partial charge in [-0.2, -0.15) is 0 Å². The summed E-state index contributed by atoms with van der Waals surface area (Å²) in [6.07, 6.45) is 41.9. The quantitative estimate of drug-likeness (QED) is 0.0277. The van der Waals surface area contributed by atoms with Crippen LogP contribution in [0.5, 0.6) is 0 Å². The summed E-state index contributed by atoms with van der Waals surface area (Å²) in [6, 6.07) is 0. The average Bonchev–Trinajstić information content (AvgIpc) is 3.10. The molecule has 0 fully saturated rings. The van der Waals surface area contributed by atoms with Crippen LogP contribution >= 0.6 is 7.82 Å². The van der Waals surface area contributed by atoms with Crippen LogP contribution in [0.3, 0.4) is 0 Å². The topological polar surface area (TPSA) is 117 Å². The van der Waals surface area contributed by atoms with E-state index in [9.17, 15) is 14.3 Å². The Balaban J connectivity index is 4.05. The zero-order chi connectivity index (χ0) is 36.6. The number of esters is 1. The van der Waals surface area contributed by atoms with Crippen molar-refractivity contribution in [3.8, 4) is 0 Å². The Bertz CT molecular complexity index is 823. The second-order valence-corrected chi connectivity index (χ2v) is 15.3. The second kappa shape index (κ2) is 39.2. The summed E-state index contributed by atoms with van der Waals surface area (Å²) in [6.45, 7) is 4.90. The van der Waals surface area contributed by atoms with E-state index in [1.54, 1.807) is 0 Å². The van der Waals surface area contributed by atoms with Crippen molar-refractivity contribution < 1.29 is 32.8 Å². The minimum Gasteiger partial charge on any atom is -0.457 e. The maximum absolute atomic E-state index is 12.5. The molecule has 0 aliphatic carbocycles. The molecule has 0 aliphatic rings. The van der Waals surface area contributed by atoms with Gasteiger partial charge >= 0.3 is 13.8 Å². The molecule has 0 aromatic rings. The molecule has 8 nitrogen and oxygen atoms in total. The molecule has 0 bridgehead atoms. The van der Waals surface area contributed by atoms with Gasteiger partial charge in [0.25, 0.3) is 0 Å². The molecular weight excluding hydrogens is 649 g/mol. The molecule has 0 amide bonds. The van der Waals surface area contributed by atoms with Crippen molar-refractivity contribution in [2.45, 2.75) is 200 Å². The van der Waals surface area contributed by atoms with E-state index in [1.807, 2.05) is 0 Å². The van der Waals surface area contributed by atoms with Gasteiger partial charge in [-0.15, -0.1) is 0 Å². The number of hydrogen-bond acceptors (Lipinski definition) is 7. The molecule has 0 heterocycles. The van der Waals surface area contributed by atoms with E-state index in [0.717, 1.165) is 44.9 Å². The van der Waals surface area contributed by atoms with Gasteiger partial charge in [0.2, 0.25) is 0 Å². The SMILES string of the molecule is CCCCCCC/C=C\CCCCCCCC(=O)OC(COCCCCCCCC/C=C\CCCCCCCCC)COP(=O)(O)OCCN. The highest BCUT2D eigenvalue weighted by atomic mass is 31.2. The summed E-state index contributed by atoms with van der Waals surface area (Å²) in [5.41, 5.74) is 5.36. The maximum Gasteiger partial charge on any atom is 0.472 e. The Morgan fingerprint density at radius 2 is 1.00 bits per heavy atom. The Morgan fingerprint density at radius 3 is 1.46 bits per heavy atom. The van der Waals surface area contributed by atoms with Crippen LogP contribution in [0.1, 0.15) is 194 Å². The molecule has 0 rings (SSSR count). The number of rotatable bonds is 40. The van der Waals surface area contributed by atoms with E-state index in [2.05, 4.69) is 38.2 Å². The van der Waals surface area contributed by atoms with Crippen molar-refractivity contribution in [1.29, 1.82) is 0 Å². The standard InChI is InChI=1S/C41H80NO7P/c1-3-5-7-9-11-13-15-17-19-20-21-23-25-27-29-31-33-36-46-38-40(39-48-50(44,45)47-37-35-42)49-41(43)34-32-30-28-26-24-22-18-16-14-12-10-8-6-4-2/h16,18-20,40H,3-15,17,21-39,42H2,1-2H3,(H,44,45)/b18-16-,20-19-. The van der Waals surface area contributed by atoms with Crippen molar-refractivity contribution in [2.75, 3.05) is 33.0 Å². The van der Waals surface area contributed by atoms with Crippen LogP contribution in [-0.2, 0) is 27.9 Å². The van der Waals surface area contributed by atoms with E-state index in [0.29, 0.717) is 13.0 Å². The molecule has 50 heavy (non-hydrogen) atoms. The van der Waals surface area contributed by atoms with Crippen LogP contribution < -0.4 is 5.73 Å². The Labute approximate surface area is 308 Å². The lowest BCUT2D eigenvalue weighted by Gasteiger charge is -2.20. The zero-order valence-electron chi connectivity index (χ0n) is 32.6. The number of hydrogen-bond donors (Lipinski definition) is 2. The molecule has 3 N–H and O–H groups in total. The number of phosphoric acid groups is 1. The fourth-order valence-electron chi connectivity index (χ4n) is 5.75. The summed E-state index contributed by atoms with van der Waals surface area (Å²) in [7, 11) is -4.27. The highest BCUT2D eigenvalue weighted by molar-refractivity contribution is 7.47. The number of carbonyl (C=O) groups is 1. The summed E-state index contributed by atoms with van der Waals surface area (Å²) < 4.78 is 33.4. The smallest absolute Gasteiger partial charge is 0.457 e. The fourth-order valence-corrected chi connectivity index (χ4v) is 6.52. The summed E-state index contributed by atoms with van der Waals surface area (Å²) in [4.78, 5) is 22.4. The lowest BCUT2D eigenvalue weighted by molar-refractivity contribution is -0.154. The average molecular weight is 730 g/mol. The van der Waals surface area contributed by atoms with Crippen LogP contribution in [0.15, 0.2) is 24.3 Å². The predicted octanol–water partition coefficient (Wildman–Crippen LogP) is 12.1. The molecule has 0 aromatic heterocycles. The summed E-state index contributed by atoms with van der Waals surface area (Å²) in [5, 5.41) is 0. The number of unbranched alkanes of at least 4 members (excludes halogenated alkanes) is 23. The van der Waals surface area contributed by atoms with Crippen molar-refractivity contribution in [2.24, 2.45) is 5.73 Å². The van der Waals surface area contributed by atoms with Gasteiger partial charge < -0.3 is 20.1 Å². The first-order chi connectivity index (χ1) is 24.4. The number of allylic oxidation sites excluding steroid dienone is 4. The second-order valence-electron chi connectivity index (χ2n) is 13.8. The van der Waals surface area contributed by atoms with Crippen molar-refractivity contribution in [3.63, 3.8) is 0 Å². The van der Waals surface area contributed by atoms with Gasteiger partial charge in [-0.3, -0.25) is 13.8 Å². The molecule has 296 valence electrons. The first-order valence-corrected chi connectivity index (χ1v) is 22.3. The molecule has 0 saturated carbocycles. The molecule has 0 radical (unpaired) electrons. The van der Waals surface area contributed by atoms with Gasteiger partial charge in [-0.25, -0.2) is 4.57 Å². The monoisotopic (exact) mass is 730 g/mol. The molecule has 0 aromatic carbocycles. The highest BCUT2D eigenvalue weighted by Crippen LogP contribution is 2.43. The Morgan fingerprint density at radius 1 is 0.580 bits per heavy atom. The normalized spacial score (nSPS) is 13.8. The molecule has 9 heteroatoms. The van der Waals surface area contributed by atoms with Gasteiger partial charge in [0, 0.05) is 19.6 Å². The summed E-state index contributed by atoms with van der Waals surface area (Å²) in [5.74, 6) is -0.340. The van der Waals surface area contributed by atoms with Gasteiger partial charge in [-0.05, 0) is 64.2 Å². The number of nitrogens with two attached hydrogens (primary N) is 1. The molecule has 0 spiro atoms. The van der Waals surface area contributed by atoms with Gasteiger partial charge in [0.05, 0.1) is 19.8 Å². The van der Waals surface area contributed by atoms with Crippen molar-refractivity contribution in [3.05, 3.63) is 24.3 Å². The fraction of sp³-hybridized carbons (Fsp3) is 0.878. The van der Waals surface area contributed by atoms with E-state index < -0.39 is 13.9 Å². The highest BCUT2D eigenvalue weighted by Gasteiger charge is 2.25. The zero-order valence-corrected chi connectivity index (χ0v) is 33.5. The lowest BCUT2D eigenvalue weighted by atomic mass is 10.1. The molecule has 0 aliphatic heterocycles. The molecular formula is C41H80NO7P. The predicted molar refractivity (Wildman–Crippen MR) is 210 cm³/mol. The first-order valence-electron chi connectivity index (χ1n) is 20.8. The van der Waals surface area contributed by atoms with E-state index >= 15 is 0 Å². The van der Waals surface area contributed by atoms with Gasteiger partial charge in [0.15, 0.2) is 0 Å². The van der Waals surface area contributed by atoms with Crippen LogP contribution in [0, 0.1) is 0 Å².